The topological polar surface area (TPSA) is 133 Å². The van der Waals surface area contributed by atoms with E-state index in [0.717, 1.165) is 24.5 Å². The van der Waals surface area contributed by atoms with E-state index in [1.54, 1.807) is 18.2 Å². The molecule has 10 heteroatoms. The van der Waals surface area contributed by atoms with Crippen molar-refractivity contribution < 1.29 is 9.47 Å². The summed E-state index contributed by atoms with van der Waals surface area (Å²) in [7, 11) is 0. The highest BCUT2D eigenvalue weighted by Crippen LogP contribution is 2.27. The molecule has 3 heterocycles. The smallest absolute Gasteiger partial charge is 0.189 e. The molecule has 4 N–H and O–H groups in total. The highest BCUT2D eigenvalue weighted by Gasteiger charge is 2.15. The first-order valence-electron chi connectivity index (χ1n) is 10.3. The van der Waals surface area contributed by atoms with E-state index >= 15 is 0 Å². The molecular weight excluding hydrogens is 438 g/mol. The van der Waals surface area contributed by atoms with Crippen molar-refractivity contribution in [2.24, 2.45) is 0 Å². The van der Waals surface area contributed by atoms with Crippen LogP contribution in [-0.2, 0) is 11.3 Å². The Kier molecular flexibility index (Phi) is 6.83. The first-order chi connectivity index (χ1) is 16.1. The van der Waals surface area contributed by atoms with Crippen molar-refractivity contribution in [3.8, 4) is 11.8 Å². The maximum Gasteiger partial charge on any atom is 0.189 e. The average molecular weight is 462 g/mol. The molecule has 1 aromatic carbocycles. The number of rotatable bonds is 8. The molecule has 0 aliphatic carbocycles. The number of nitrogens with one attached hydrogen (secondary N) is 2. The van der Waals surface area contributed by atoms with E-state index in [4.69, 9.17) is 25.9 Å². The van der Waals surface area contributed by atoms with Gasteiger partial charge in [-0.1, -0.05) is 17.9 Å². The summed E-state index contributed by atoms with van der Waals surface area (Å²) in [6.07, 6.45) is 2.97. The minimum absolute atomic E-state index is 0.221. The predicted octanol–water partition coefficient (Wildman–Crippen LogP) is 3.71. The van der Waals surface area contributed by atoms with Gasteiger partial charge in [0.05, 0.1) is 30.8 Å². The number of hydrogen-bond acceptors (Lipinski definition) is 10. The molecule has 0 radical (unpaired) electrons. The molecule has 9 nitrogen and oxygen atoms in total. The van der Waals surface area contributed by atoms with Crippen molar-refractivity contribution >= 4 is 39.4 Å². The van der Waals surface area contributed by atoms with Crippen LogP contribution >= 0.6 is 11.3 Å². The number of benzene rings is 1. The minimum Gasteiger partial charge on any atom is -0.487 e. The van der Waals surface area contributed by atoms with Crippen molar-refractivity contribution in [3.63, 3.8) is 0 Å². The van der Waals surface area contributed by atoms with Crippen LogP contribution in [0.2, 0.25) is 0 Å². The number of pyridine rings is 1. The van der Waals surface area contributed by atoms with Crippen LogP contribution in [-0.4, -0.2) is 42.0 Å². The second-order valence-corrected chi connectivity index (χ2v) is 8.25. The Bertz CT molecular complexity index is 1210. The van der Waals surface area contributed by atoms with Crippen LogP contribution in [0.3, 0.4) is 0 Å². The van der Waals surface area contributed by atoms with Crippen molar-refractivity contribution in [2.45, 2.75) is 6.61 Å². The van der Waals surface area contributed by atoms with Gasteiger partial charge in [-0.2, -0.15) is 5.26 Å². The zero-order valence-corrected chi connectivity index (χ0v) is 18.7. The minimum atomic E-state index is 0.221. The molecule has 0 saturated carbocycles. The molecule has 1 aliphatic heterocycles. The number of nitrogen functional groups attached to an aromatic ring is 1. The number of nitrogens with two attached hydrogens (primary N) is 1. The molecule has 0 unspecified atom stereocenters. The number of nitrogens with zero attached hydrogens (tertiary/aromatic N) is 4. The molecule has 4 rings (SSSR count). The molecule has 2 aromatic heterocycles. The Morgan fingerprint density at radius 1 is 1.36 bits per heavy atom. The van der Waals surface area contributed by atoms with Gasteiger partial charge in [0, 0.05) is 36.1 Å². The van der Waals surface area contributed by atoms with E-state index in [-0.39, 0.29) is 12.3 Å². The Morgan fingerprint density at radius 2 is 2.18 bits per heavy atom. The van der Waals surface area contributed by atoms with Crippen LogP contribution in [0.4, 0.5) is 22.3 Å². The predicted molar refractivity (Wildman–Crippen MR) is 130 cm³/mol. The number of thiazole rings is 1. The molecule has 0 atom stereocenters. The first-order valence-corrected chi connectivity index (χ1v) is 11.1. The number of morpholine rings is 1. The fraction of sp³-hybridized carbons (Fsp3) is 0.217. The highest BCUT2D eigenvalue weighted by atomic mass is 32.1. The lowest BCUT2D eigenvalue weighted by Gasteiger charge is -2.29. The molecule has 33 heavy (non-hydrogen) atoms. The first kappa shape index (κ1) is 22.3. The van der Waals surface area contributed by atoms with Gasteiger partial charge in [-0.05, 0) is 30.3 Å². The highest BCUT2D eigenvalue weighted by molar-refractivity contribution is 7.16. The normalized spacial score (nSPS) is 13.2. The Labute approximate surface area is 195 Å². The second kappa shape index (κ2) is 10.1. The van der Waals surface area contributed by atoms with E-state index < -0.39 is 0 Å². The van der Waals surface area contributed by atoms with Gasteiger partial charge in [-0.25, -0.2) is 9.97 Å². The standard InChI is InChI=1S/C23H23N7O2S/c1-2-20(25)19-11-17(3-4-21(19)26)32-14-15-9-16(30-5-7-31-8-6-30)10-22(28-15)29-23-27-13-18(12-24)33-23/h2-4,9-11,13,25H,1,5-8,14,26H2,(H,27,28,29). The van der Waals surface area contributed by atoms with Crippen molar-refractivity contribution in [1.82, 2.24) is 9.97 Å². The lowest BCUT2D eigenvalue weighted by molar-refractivity contribution is 0.122. The van der Waals surface area contributed by atoms with Crippen LogP contribution in [0.15, 0.2) is 49.2 Å². The Balaban J connectivity index is 1.57. The van der Waals surface area contributed by atoms with Crippen molar-refractivity contribution in [3.05, 3.63) is 65.3 Å². The van der Waals surface area contributed by atoms with Gasteiger partial charge in [-0.15, -0.1) is 0 Å². The molecule has 0 bridgehead atoms. The van der Waals surface area contributed by atoms with Crippen molar-refractivity contribution in [2.75, 3.05) is 42.3 Å². The van der Waals surface area contributed by atoms with Crippen LogP contribution in [0, 0.1) is 16.7 Å². The summed E-state index contributed by atoms with van der Waals surface area (Å²) >= 11 is 1.26. The lowest BCUT2D eigenvalue weighted by atomic mass is 10.1. The van der Waals surface area contributed by atoms with Gasteiger partial charge < -0.3 is 30.8 Å². The third kappa shape index (κ3) is 5.46. The number of hydrogen-bond donors (Lipinski definition) is 3. The van der Waals surface area contributed by atoms with Gasteiger partial charge >= 0.3 is 0 Å². The molecule has 1 saturated heterocycles. The van der Waals surface area contributed by atoms with E-state index in [1.165, 1.54) is 23.6 Å². The van der Waals surface area contributed by atoms with E-state index in [9.17, 15) is 0 Å². The van der Waals surface area contributed by atoms with Crippen LogP contribution in [0.1, 0.15) is 16.1 Å². The molecule has 3 aromatic rings. The van der Waals surface area contributed by atoms with Gasteiger partial charge in [0.2, 0.25) is 0 Å². The lowest BCUT2D eigenvalue weighted by Crippen LogP contribution is -2.36. The number of aromatic nitrogens is 2. The third-order valence-corrected chi connectivity index (χ3v) is 5.81. The summed E-state index contributed by atoms with van der Waals surface area (Å²) in [5.41, 5.74) is 8.98. The summed E-state index contributed by atoms with van der Waals surface area (Å²) in [4.78, 5) is 11.7. The fourth-order valence-corrected chi connectivity index (χ4v) is 3.95. The number of ether oxygens (including phenoxy) is 2. The van der Waals surface area contributed by atoms with E-state index in [2.05, 4.69) is 32.8 Å². The second-order valence-electron chi connectivity index (χ2n) is 7.22. The molecule has 1 fully saturated rings. The van der Waals surface area contributed by atoms with Crippen LogP contribution in [0.5, 0.6) is 5.75 Å². The zero-order valence-electron chi connectivity index (χ0n) is 17.9. The van der Waals surface area contributed by atoms with Gasteiger partial charge in [0.15, 0.2) is 5.13 Å². The fourth-order valence-electron chi connectivity index (χ4n) is 3.33. The quantitative estimate of drug-likeness (QED) is 0.342. The van der Waals surface area contributed by atoms with Crippen LogP contribution in [0.25, 0.3) is 0 Å². The third-order valence-electron chi connectivity index (χ3n) is 5.00. The molecule has 0 amide bonds. The van der Waals surface area contributed by atoms with Gasteiger partial charge in [0.1, 0.15) is 29.1 Å². The Hall–Kier alpha value is -3.94. The molecular formula is C23H23N7O2S. The summed E-state index contributed by atoms with van der Waals surface area (Å²) in [6.45, 7) is 6.75. The number of allylic oxidation sites excluding steroid dienone is 1. The van der Waals surface area contributed by atoms with E-state index in [0.29, 0.717) is 46.0 Å². The number of nitriles is 1. The zero-order chi connectivity index (χ0) is 23.2. The summed E-state index contributed by atoms with van der Waals surface area (Å²) < 4.78 is 11.5. The summed E-state index contributed by atoms with van der Waals surface area (Å²) in [6, 6.07) is 11.2. The molecule has 168 valence electrons. The average Bonchev–Trinajstić information content (AvgIpc) is 3.31. The van der Waals surface area contributed by atoms with Crippen molar-refractivity contribution in [1.29, 1.82) is 10.7 Å². The SMILES string of the molecule is C=CC(=N)c1cc(OCc2cc(N3CCOCC3)cc(Nc3ncc(C#N)s3)n2)ccc1N. The summed E-state index contributed by atoms with van der Waals surface area (Å²) in [5, 5.41) is 20.8. The Morgan fingerprint density at radius 3 is 2.91 bits per heavy atom. The summed E-state index contributed by atoms with van der Waals surface area (Å²) in [5.74, 6) is 1.19. The maximum atomic E-state index is 9.06. The van der Waals surface area contributed by atoms with Gasteiger partial charge in [-0.3, -0.25) is 0 Å². The molecule has 0 spiro atoms. The largest absolute Gasteiger partial charge is 0.487 e. The maximum absolute atomic E-state index is 9.06. The molecule has 1 aliphatic rings. The van der Waals surface area contributed by atoms with Gasteiger partial charge in [0.25, 0.3) is 0 Å². The van der Waals surface area contributed by atoms with Crippen LogP contribution < -0.4 is 20.7 Å². The number of anilines is 4. The van der Waals surface area contributed by atoms with E-state index in [1.807, 2.05) is 12.1 Å². The monoisotopic (exact) mass is 461 g/mol.